The van der Waals surface area contributed by atoms with E-state index >= 15 is 0 Å². The largest absolute Gasteiger partial charge is 0.226 e. The maximum absolute atomic E-state index is 6.43. The lowest BCUT2D eigenvalue weighted by Crippen LogP contribution is -2.50. The van der Waals surface area contributed by atoms with Crippen molar-refractivity contribution in [3.05, 3.63) is 102 Å². The Hall–Kier alpha value is -3.60. The van der Waals surface area contributed by atoms with Crippen molar-refractivity contribution in [2.75, 3.05) is 0 Å². The van der Waals surface area contributed by atoms with Crippen LogP contribution in [0.3, 0.4) is 0 Å². The minimum absolute atomic E-state index is 0.201. The maximum Gasteiger partial charge on any atom is 0.226 e. The predicted octanol–water partition coefficient (Wildman–Crippen LogP) is 6.33. The van der Waals surface area contributed by atoms with Crippen molar-refractivity contribution < 1.29 is 0 Å². The third-order valence-electron chi connectivity index (χ3n) is 6.67. The lowest BCUT2D eigenvalue weighted by Gasteiger charge is -2.23. The van der Waals surface area contributed by atoms with Crippen LogP contribution in [-0.2, 0) is 0 Å². The second-order valence-corrected chi connectivity index (χ2v) is 13.7. The van der Waals surface area contributed by atoms with Crippen molar-refractivity contribution in [1.82, 2.24) is 15.0 Å². The van der Waals surface area contributed by atoms with E-state index in [0.717, 1.165) is 11.1 Å². The summed E-state index contributed by atoms with van der Waals surface area (Å²) in [6.07, 6.45) is 0. The highest BCUT2D eigenvalue weighted by molar-refractivity contribution is 7.04. The van der Waals surface area contributed by atoms with Gasteiger partial charge < -0.3 is 0 Å². The molecule has 0 radical (unpaired) electrons. The molecule has 1 aliphatic rings. The van der Waals surface area contributed by atoms with E-state index < -0.39 is 8.07 Å². The van der Waals surface area contributed by atoms with Gasteiger partial charge in [0, 0.05) is 11.1 Å². The predicted molar refractivity (Wildman–Crippen MR) is 143 cm³/mol. The Labute approximate surface area is 205 Å². The number of fused-ring (bicyclic) bond motifs is 3. The number of hydrogen-bond acceptors (Lipinski definition) is 3. The molecule has 34 heavy (non-hydrogen) atoms. The summed E-state index contributed by atoms with van der Waals surface area (Å²) in [5, 5.41) is 3.07. The summed E-state index contributed by atoms with van der Waals surface area (Å²) in [5.74, 6) is 1.19. The second-order valence-electron chi connectivity index (χ2n) is 9.06. The first-order valence-electron chi connectivity index (χ1n) is 11.3. The van der Waals surface area contributed by atoms with Crippen LogP contribution in [0.25, 0.3) is 45.0 Å². The van der Waals surface area contributed by atoms with E-state index in [1.54, 1.807) is 0 Å². The third-order valence-corrected chi connectivity index (χ3v) is 10.4. The van der Waals surface area contributed by atoms with Crippen LogP contribution in [-0.4, -0.2) is 23.0 Å². The highest BCUT2D eigenvalue weighted by Gasteiger charge is 2.41. The summed E-state index contributed by atoms with van der Waals surface area (Å²) >= 11 is 6.43. The van der Waals surface area contributed by atoms with E-state index in [1.807, 2.05) is 30.3 Å². The Morgan fingerprint density at radius 3 is 1.88 bits per heavy atom. The third kappa shape index (κ3) is 3.30. The van der Waals surface area contributed by atoms with Crippen molar-refractivity contribution in [3.8, 4) is 45.0 Å². The first-order valence-corrected chi connectivity index (χ1v) is 14.7. The number of rotatable bonds is 3. The summed E-state index contributed by atoms with van der Waals surface area (Å²) < 4.78 is 0. The molecule has 0 amide bonds. The highest BCUT2D eigenvalue weighted by atomic mass is 35.5. The second kappa shape index (κ2) is 8.01. The van der Waals surface area contributed by atoms with Crippen molar-refractivity contribution in [1.29, 1.82) is 0 Å². The van der Waals surface area contributed by atoms with Gasteiger partial charge in [-0.15, -0.1) is 0 Å². The van der Waals surface area contributed by atoms with Gasteiger partial charge in [-0.3, -0.25) is 0 Å². The number of hydrogen-bond donors (Lipinski definition) is 0. The molecule has 0 bridgehead atoms. The lowest BCUT2D eigenvalue weighted by molar-refractivity contribution is 1.07. The topological polar surface area (TPSA) is 38.7 Å². The zero-order valence-corrected chi connectivity index (χ0v) is 20.7. The summed E-state index contributed by atoms with van der Waals surface area (Å²) in [5.41, 5.74) is 6.95. The fraction of sp³-hybridized carbons (Fsp3) is 0.0690. The number of benzene rings is 4. The van der Waals surface area contributed by atoms with E-state index in [9.17, 15) is 0 Å². The molecule has 5 aromatic rings. The molecule has 0 fully saturated rings. The maximum atomic E-state index is 6.43. The molecule has 5 heteroatoms. The van der Waals surface area contributed by atoms with Crippen LogP contribution in [0, 0.1) is 0 Å². The van der Waals surface area contributed by atoms with E-state index in [1.165, 1.54) is 32.6 Å². The van der Waals surface area contributed by atoms with Crippen molar-refractivity contribution in [3.63, 3.8) is 0 Å². The highest BCUT2D eigenvalue weighted by Crippen LogP contribution is 2.39. The monoisotopic (exact) mass is 475 g/mol. The molecule has 0 unspecified atom stereocenters. The molecule has 1 aliphatic heterocycles. The molecule has 164 valence electrons. The van der Waals surface area contributed by atoms with Crippen molar-refractivity contribution in [2.45, 2.75) is 13.1 Å². The summed E-state index contributed by atoms with van der Waals surface area (Å²) in [4.78, 5) is 13.9. The molecule has 0 saturated carbocycles. The standard InChI is InChI=1S/C29H22ClN3Si/c1-34(2)24-16-10-9-15-22(24)25-23(18-17-21(26(25)34)19-11-5-3-6-12-19)28-31-27(32-29(30)33-28)20-13-7-4-8-14-20/h3-18H,1-2H3. The first-order chi connectivity index (χ1) is 16.5. The van der Waals surface area contributed by atoms with Gasteiger partial charge in [-0.1, -0.05) is 104 Å². The molecule has 0 N–H and O–H groups in total. The van der Waals surface area contributed by atoms with Gasteiger partial charge in [-0.2, -0.15) is 9.97 Å². The number of nitrogens with zero attached hydrogens (tertiary/aromatic N) is 3. The average Bonchev–Trinajstić information content (AvgIpc) is 3.12. The van der Waals surface area contributed by atoms with Crippen LogP contribution in [0.5, 0.6) is 0 Å². The van der Waals surface area contributed by atoms with Gasteiger partial charge in [-0.25, -0.2) is 4.98 Å². The Bertz CT molecular complexity index is 1530. The van der Waals surface area contributed by atoms with Gasteiger partial charge in [0.05, 0.1) is 0 Å². The number of aromatic nitrogens is 3. The quantitative estimate of drug-likeness (QED) is 0.286. The van der Waals surface area contributed by atoms with Crippen LogP contribution in [0.15, 0.2) is 97.1 Å². The molecule has 2 heterocycles. The molecular weight excluding hydrogens is 454 g/mol. The minimum atomic E-state index is -1.97. The van der Waals surface area contributed by atoms with Gasteiger partial charge in [0.15, 0.2) is 11.6 Å². The van der Waals surface area contributed by atoms with Crippen molar-refractivity contribution >= 4 is 30.0 Å². The van der Waals surface area contributed by atoms with E-state index in [-0.39, 0.29) is 5.28 Å². The summed E-state index contributed by atoms with van der Waals surface area (Å²) in [6, 6.07) is 33.7. The smallest absolute Gasteiger partial charge is 0.208 e. The SMILES string of the molecule is C[Si]1(C)c2ccccc2-c2c(-c3nc(Cl)nc(-c4ccccc4)n3)ccc(-c3ccccc3)c21. The van der Waals surface area contributed by atoms with Crippen LogP contribution in [0.1, 0.15) is 0 Å². The molecule has 1 aromatic heterocycles. The normalized spacial score (nSPS) is 13.4. The molecular formula is C29H22ClN3Si. The fourth-order valence-electron chi connectivity index (χ4n) is 5.14. The van der Waals surface area contributed by atoms with Gasteiger partial charge in [-0.05, 0) is 50.3 Å². The Balaban J connectivity index is 1.66. The van der Waals surface area contributed by atoms with E-state index in [2.05, 4.69) is 89.8 Å². The molecule has 0 saturated heterocycles. The van der Waals surface area contributed by atoms with Gasteiger partial charge >= 0.3 is 0 Å². The van der Waals surface area contributed by atoms with Gasteiger partial charge in [0.25, 0.3) is 0 Å². The van der Waals surface area contributed by atoms with Gasteiger partial charge in [0.1, 0.15) is 8.07 Å². The summed E-state index contributed by atoms with van der Waals surface area (Å²) in [7, 11) is -1.97. The van der Waals surface area contributed by atoms with Gasteiger partial charge in [0.2, 0.25) is 5.28 Å². The van der Waals surface area contributed by atoms with Crippen LogP contribution < -0.4 is 10.4 Å². The first kappa shape index (κ1) is 21.0. The molecule has 0 spiro atoms. The van der Waals surface area contributed by atoms with E-state index in [4.69, 9.17) is 16.6 Å². The average molecular weight is 476 g/mol. The minimum Gasteiger partial charge on any atom is -0.208 e. The van der Waals surface area contributed by atoms with Crippen LogP contribution in [0.4, 0.5) is 0 Å². The number of halogens is 1. The Kier molecular flexibility index (Phi) is 4.94. The molecule has 3 nitrogen and oxygen atoms in total. The fourth-order valence-corrected chi connectivity index (χ4v) is 8.76. The zero-order valence-electron chi connectivity index (χ0n) is 19.0. The zero-order chi connectivity index (χ0) is 23.3. The molecule has 4 aromatic carbocycles. The van der Waals surface area contributed by atoms with Crippen LogP contribution >= 0.6 is 11.6 Å². The summed E-state index contributed by atoms with van der Waals surface area (Å²) in [6.45, 7) is 4.87. The Morgan fingerprint density at radius 2 is 1.15 bits per heavy atom. The van der Waals surface area contributed by atoms with Crippen molar-refractivity contribution in [2.24, 2.45) is 0 Å². The molecule has 0 atom stereocenters. The lowest BCUT2D eigenvalue weighted by atomic mass is 9.94. The van der Waals surface area contributed by atoms with Crippen LogP contribution in [0.2, 0.25) is 18.4 Å². The molecule has 0 aliphatic carbocycles. The Morgan fingerprint density at radius 1 is 0.559 bits per heavy atom. The van der Waals surface area contributed by atoms with E-state index in [0.29, 0.717) is 11.6 Å². The molecule has 6 rings (SSSR count).